The van der Waals surface area contributed by atoms with Crippen molar-refractivity contribution in [2.45, 2.75) is 37.8 Å². The van der Waals surface area contributed by atoms with Gasteiger partial charge in [0.2, 0.25) is 5.91 Å². The van der Waals surface area contributed by atoms with Crippen LogP contribution in [0.15, 0.2) is 54.6 Å². The number of piperidine rings is 1. The molecule has 2 unspecified atom stereocenters. The average Bonchev–Trinajstić information content (AvgIpc) is 3.12. The Balaban J connectivity index is 1.36. The van der Waals surface area contributed by atoms with Gasteiger partial charge in [-0.2, -0.15) is 0 Å². The minimum Gasteiger partial charge on any atom is -0.492 e. The number of carbonyl (C=O) groups is 1. The van der Waals surface area contributed by atoms with Crippen molar-refractivity contribution < 1.29 is 9.53 Å². The third-order valence-corrected chi connectivity index (χ3v) is 5.51. The van der Waals surface area contributed by atoms with Crippen LogP contribution in [0.25, 0.3) is 0 Å². The highest BCUT2D eigenvalue weighted by Crippen LogP contribution is 2.33. The molecule has 0 radical (unpaired) electrons. The van der Waals surface area contributed by atoms with Crippen LogP contribution in [-0.4, -0.2) is 36.5 Å². The van der Waals surface area contributed by atoms with Gasteiger partial charge < -0.3 is 10.1 Å². The van der Waals surface area contributed by atoms with E-state index in [-0.39, 0.29) is 11.8 Å². The number of hydrogen-bond acceptors (Lipinski definition) is 3. The molecule has 2 aliphatic rings. The summed E-state index contributed by atoms with van der Waals surface area (Å²) in [6.45, 7) is 3.22. The highest BCUT2D eigenvalue weighted by molar-refractivity contribution is 5.85. The zero-order valence-corrected chi connectivity index (χ0v) is 15.1. The van der Waals surface area contributed by atoms with Gasteiger partial charge in [-0.3, -0.25) is 9.69 Å². The number of fused-ring (bicyclic) bond motifs is 1. The molecule has 0 aliphatic carbocycles. The summed E-state index contributed by atoms with van der Waals surface area (Å²) in [5, 5.41) is 3.19. The Morgan fingerprint density at radius 2 is 1.88 bits per heavy atom. The van der Waals surface area contributed by atoms with E-state index in [9.17, 15) is 4.79 Å². The maximum atomic E-state index is 12.7. The van der Waals surface area contributed by atoms with Crippen LogP contribution in [0.2, 0.25) is 0 Å². The number of amides is 1. The number of ether oxygens (including phenoxy) is 1. The Morgan fingerprint density at radius 3 is 2.77 bits per heavy atom. The minimum absolute atomic E-state index is 0.0835. The summed E-state index contributed by atoms with van der Waals surface area (Å²) in [4.78, 5) is 15.2. The molecule has 1 N–H and O–H groups in total. The summed E-state index contributed by atoms with van der Waals surface area (Å²) in [6, 6.07) is 18.8. The maximum absolute atomic E-state index is 12.7. The first-order valence-electron chi connectivity index (χ1n) is 9.58. The SMILES string of the molecule is O=C(NCC1CCCCN1Cc1ccccc1)C1COc2ccccc21. The minimum atomic E-state index is -0.183. The van der Waals surface area contributed by atoms with E-state index in [1.54, 1.807) is 0 Å². The van der Waals surface area contributed by atoms with E-state index in [4.69, 9.17) is 4.74 Å². The summed E-state index contributed by atoms with van der Waals surface area (Å²) >= 11 is 0. The average molecular weight is 350 g/mol. The number of likely N-dealkylation sites (tertiary alicyclic amines) is 1. The van der Waals surface area contributed by atoms with E-state index >= 15 is 0 Å². The normalized spacial score (nSPS) is 22.5. The van der Waals surface area contributed by atoms with E-state index < -0.39 is 0 Å². The van der Waals surface area contributed by atoms with Crippen LogP contribution in [0.5, 0.6) is 5.75 Å². The molecule has 2 aliphatic heterocycles. The summed E-state index contributed by atoms with van der Waals surface area (Å²) in [6.07, 6.45) is 3.62. The quantitative estimate of drug-likeness (QED) is 0.899. The monoisotopic (exact) mass is 350 g/mol. The van der Waals surface area contributed by atoms with Crippen molar-refractivity contribution in [1.29, 1.82) is 0 Å². The van der Waals surface area contributed by atoms with Crippen molar-refractivity contribution in [3.8, 4) is 5.75 Å². The standard InChI is InChI=1S/C22H26N2O2/c25-22(20-16-26-21-12-5-4-11-19(20)21)23-14-18-10-6-7-13-24(18)15-17-8-2-1-3-9-17/h1-5,8-9,11-12,18,20H,6-7,10,13-16H2,(H,23,25). The van der Waals surface area contributed by atoms with Crippen molar-refractivity contribution in [3.63, 3.8) is 0 Å². The highest BCUT2D eigenvalue weighted by Gasteiger charge is 2.31. The number of benzene rings is 2. The molecule has 136 valence electrons. The first kappa shape index (κ1) is 17.1. The van der Waals surface area contributed by atoms with Crippen molar-refractivity contribution in [1.82, 2.24) is 10.2 Å². The molecule has 4 nitrogen and oxygen atoms in total. The molecule has 1 saturated heterocycles. The molecule has 4 heteroatoms. The van der Waals surface area contributed by atoms with Gasteiger partial charge in [-0.25, -0.2) is 0 Å². The van der Waals surface area contributed by atoms with Gasteiger partial charge in [0.05, 0.1) is 0 Å². The number of para-hydroxylation sites is 1. The van der Waals surface area contributed by atoms with Crippen LogP contribution >= 0.6 is 0 Å². The fourth-order valence-corrected chi connectivity index (χ4v) is 4.04. The summed E-state index contributed by atoms with van der Waals surface area (Å²) < 4.78 is 5.65. The molecule has 2 aromatic rings. The molecule has 2 atom stereocenters. The number of hydrogen-bond donors (Lipinski definition) is 1. The molecule has 0 aromatic heterocycles. The Bertz CT molecular complexity index is 747. The number of nitrogens with zero attached hydrogens (tertiary/aromatic N) is 1. The molecule has 0 bridgehead atoms. The largest absolute Gasteiger partial charge is 0.492 e. The topological polar surface area (TPSA) is 41.6 Å². The second-order valence-electron chi connectivity index (χ2n) is 7.25. The van der Waals surface area contributed by atoms with Crippen LogP contribution in [0.4, 0.5) is 0 Å². The van der Waals surface area contributed by atoms with Crippen molar-refractivity contribution >= 4 is 5.91 Å². The lowest BCUT2D eigenvalue weighted by molar-refractivity contribution is -0.123. The molecule has 4 rings (SSSR count). The number of rotatable bonds is 5. The predicted octanol–water partition coefficient (Wildman–Crippen LogP) is 3.33. The lowest BCUT2D eigenvalue weighted by Gasteiger charge is -2.36. The van der Waals surface area contributed by atoms with Gasteiger partial charge >= 0.3 is 0 Å². The van der Waals surface area contributed by atoms with E-state index in [1.165, 1.54) is 18.4 Å². The highest BCUT2D eigenvalue weighted by atomic mass is 16.5. The first-order chi connectivity index (χ1) is 12.8. The van der Waals surface area contributed by atoms with Gasteiger partial charge in [-0.15, -0.1) is 0 Å². The number of nitrogens with one attached hydrogen (secondary N) is 1. The van der Waals surface area contributed by atoms with E-state index in [0.717, 1.165) is 30.8 Å². The molecule has 2 heterocycles. The van der Waals surface area contributed by atoms with Gasteiger partial charge in [-0.05, 0) is 31.0 Å². The maximum Gasteiger partial charge on any atom is 0.231 e. The number of carbonyl (C=O) groups excluding carboxylic acids is 1. The molecular weight excluding hydrogens is 324 g/mol. The molecule has 1 fully saturated rings. The second kappa shape index (κ2) is 7.92. The smallest absolute Gasteiger partial charge is 0.231 e. The van der Waals surface area contributed by atoms with E-state index in [2.05, 4.69) is 40.5 Å². The van der Waals surface area contributed by atoms with Crippen LogP contribution in [-0.2, 0) is 11.3 Å². The fourth-order valence-electron chi connectivity index (χ4n) is 4.04. The zero-order valence-electron chi connectivity index (χ0n) is 15.1. The van der Waals surface area contributed by atoms with Crippen molar-refractivity contribution in [3.05, 3.63) is 65.7 Å². The third kappa shape index (κ3) is 3.75. The predicted molar refractivity (Wildman–Crippen MR) is 102 cm³/mol. The van der Waals surface area contributed by atoms with Crippen LogP contribution in [0, 0.1) is 0 Å². The van der Waals surface area contributed by atoms with Crippen molar-refractivity contribution in [2.75, 3.05) is 19.7 Å². The van der Waals surface area contributed by atoms with Crippen LogP contribution in [0.3, 0.4) is 0 Å². The molecule has 0 saturated carbocycles. The summed E-state index contributed by atoms with van der Waals surface area (Å²) in [7, 11) is 0. The zero-order chi connectivity index (χ0) is 17.8. The molecule has 26 heavy (non-hydrogen) atoms. The first-order valence-corrected chi connectivity index (χ1v) is 9.58. The van der Waals surface area contributed by atoms with Gasteiger partial charge in [0.25, 0.3) is 0 Å². The van der Waals surface area contributed by atoms with Gasteiger partial charge in [0.15, 0.2) is 0 Å². The molecule has 2 aromatic carbocycles. The summed E-state index contributed by atoms with van der Waals surface area (Å²) in [5.74, 6) is 0.744. The van der Waals surface area contributed by atoms with Gasteiger partial charge in [0.1, 0.15) is 18.3 Å². The fraction of sp³-hybridized carbons (Fsp3) is 0.409. The Kier molecular flexibility index (Phi) is 5.21. The van der Waals surface area contributed by atoms with Crippen LogP contribution < -0.4 is 10.1 Å². The Hall–Kier alpha value is -2.33. The second-order valence-corrected chi connectivity index (χ2v) is 7.25. The lowest BCUT2D eigenvalue weighted by atomic mass is 9.99. The molecule has 1 amide bonds. The Morgan fingerprint density at radius 1 is 1.08 bits per heavy atom. The van der Waals surface area contributed by atoms with Crippen molar-refractivity contribution in [2.24, 2.45) is 0 Å². The molecular formula is C22H26N2O2. The summed E-state index contributed by atoms with van der Waals surface area (Å²) in [5.41, 5.74) is 2.35. The van der Waals surface area contributed by atoms with Crippen LogP contribution in [0.1, 0.15) is 36.3 Å². The third-order valence-electron chi connectivity index (χ3n) is 5.51. The van der Waals surface area contributed by atoms with Gasteiger partial charge in [-0.1, -0.05) is 55.0 Å². The molecule has 0 spiro atoms. The van der Waals surface area contributed by atoms with E-state index in [0.29, 0.717) is 19.2 Å². The Labute approximate surface area is 155 Å². The van der Waals surface area contributed by atoms with E-state index in [1.807, 2.05) is 24.3 Å². The van der Waals surface area contributed by atoms with Gasteiger partial charge in [0, 0.05) is 24.7 Å². The lowest BCUT2D eigenvalue weighted by Crippen LogP contribution is -2.47.